The number of hydrogen-bond donors (Lipinski definition) is 2. The number of nitrogens with one attached hydrogen (secondary N) is 1. The molecule has 0 aliphatic rings. The van der Waals surface area contributed by atoms with Gasteiger partial charge in [-0.15, -0.1) is 0 Å². The molecule has 1 aromatic carbocycles. The summed E-state index contributed by atoms with van der Waals surface area (Å²) in [5.41, 5.74) is 1.07. The topological polar surface area (TPSA) is 75.6 Å². The van der Waals surface area contributed by atoms with Crippen LogP contribution in [0.2, 0.25) is 0 Å². The number of ether oxygens (including phenoxy) is 1. The highest BCUT2D eigenvalue weighted by atomic mass is 16.5. The van der Waals surface area contributed by atoms with Gasteiger partial charge in [0, 0.05) is 12.5 Å². The fourth-order valence-corrected chi connectivity index (χ4v) is 1.76. The maximum Gasteiger partial charge on any atom is 0.335 e. The predicted octanol–water partition coefficient (Wildman–Crippen LogP) is 2.10. The molecule has 2 N–H and O–H groups in total. The Morgan fingerprint density at radius 1 is 1.40 bits per heavy atom. The number of rotatable bonds is 7. The van der Waals surface area contributed by atoms with Crippen LogP contribution in [-0.4, -0.2) is 30.6 Å². The molecule has 20 heavy (non-hydrogen) atoms. The Morgan fingerprint density at radius 3 is 2.65 bits per heavy atom. The zero-order chi connectivity index (χ0) is 15.1. The third-order valence-corrected chi connectivity index (χ3v) is 3.29. The van der Waals surface area contributed by atoms with E-state index in [1.165, 1.54) is 19.2 Å². The van der Waals surface area contributed by atoms with E-state index in [0.29, 0.717) is 18.7 Å². The average Bonchev–Trinajstić information content (AvgIpc) is 2.46. The SMILES string of the molecule is CCC(C)C(=O)NCCc1ccc(C(=O)O)cc1OC. The molecule has 5 nitrogen and oxygen atoms in total. The van der Waals surface area contributed by atoms with Crippen molar-refractivity contribution in [3.63, 3.8) is 0 Å². The predicted molar refractivity (Wildman–Crippen MR) is 76.1 cm³/mol. The van der Waals surface area contributed by atoms with Gasteiger partial charge in [0.15, 0.2) is 0 Å². The van der Waals surface area contributed by atoms with E-state index in [0.717, 1.165) is 12.0 Å². The van der Waals surface area contributed by atoms with E-state index < -0.39 is 5.97 Å². The van der Waals surface area contributed by atoms with E-state index in [2.05, 4.69) is 5.32 Å². The molecule has 0 saturated carbocycles. The highest BCUT2D eigenvalue weighted by Crippen LogP contribution is 2.20. The molecule has 0 bridgehead atoms. The van der Waals surface area contributed by atoms with Crippen molar-refractivity contribution in [1.82, 2.24) is 5.32 Å². The van der Waals surface area contributed by atoms with Gasteiger partial charge in [0.05, 0.1) is 12.7 Å². The number of benzene rings is 1. The first-order valence-electron chi connectivity index (χ1n) is 6.67. The normalized spacial score (nSPS) is 11.8. The second kappa shape index (κ2) is 7.53. The number of aromatic carboxylic acids is 1. The number of carboxylic acid groups (broad SMARTS) is 1. The first kappa shape index (κ1) is 16.0. The second-order valence-electron chi connectivity index (χ2n) is 4.68. The Bertz CT molecular complexity index is 485. The molecule has 1 rings (SSSR count). The molecule has 0 saturated heterocycles. The lowest BCUT2D eigenvalue weighted by molar-refractivity contribution is -0.124. The lowest BCUT2D eigenvalue weighted by atomic mass is 10.1. The molecule has 5 heteroatoms. The third-order valence-electron chi connectivity index (χ3n) is 3.29. The molecule has 1 atom stereocenters. The Labute approximate surface area is 118 Å². The van der Waals surface area contributed by atoms with Gasteiger partial charge in [0.2, 0.25) is 5.91 Å². The molecule has 1 unspecified atom stereocenters. The van der Waals surface area contributed by atoms with Crippen molar-refractivity contribution in [2.75, 3.05) is 13.7 Å². The molecule has 0 fully saturated rings. The lowest BCUT2D eigenvalue weighted by Gasteiger charge is -2.12. The molecular formula is C15H21NO4. The Kier molecular flexibility index (Phi) is 6.03. The molecule has 110 valence electrons. The smallest absolute Gasteiger partial charge is 0.335 e. The van der Waals surface area contributed by atoms with Gasteiger partial charge in [-0.3, -0.25) is 4.79 Å². The van der Waals surface area contributed by atoms with Crippen LogP contribution >= 0.6 is 0 Å². The van der Waals surface area contributed by atoms with Crippen molar-refractivity contribution in [2.45, 2.75) is 26.7 Å². The Morgan fingerprint density at radius 2 is 2.10 bits per heavy atom. The summed E-state index contributed by atoms with van der Waals surface area (Å²) < 4.78 is 5.19. The Hall–Kier alpha value is -2.04. The summed E-state index contributed by atoms with van der Waals surface area (Å²) in [5.74, 6) is -0.414. The second-order valence-corrected chi connectivity index (χ2v) is 4.68. The summed E-state index contributed by atoms with van der Waals surface area (Å²) in [6, 6.07) is 4.75. The van der Waals surface area contributed by atoms with Crippen molar-refractivity contribution in [1.29, 1.82) is 0 Å². The number of amides is 1. The molecule has 0 aromatic heterocycles. The summed E-state index contributed by atoms with van der Waals surface area (Å²) in [7, 11) is 1.50. The largest absolute Gasteiger partial charge is 0.496 e. The minimum atomic E-state index is -0.986. The standard InChI is InChI=1S/C15H21NO4/c1-4-10(2)14(17)16-8-7-11-5-6-12(15(18)19)9-13(11)20-3/h5-6,9-10H,4,7-8H2,1-3H3,(H,16,17)(H,18,19). The van der Waals surface area contributed by atoms with E-state index in [9.17, 15) is 9.59 Å². The van der Waals surface area contributed by atoms with Crippen LogP contribution in [-0.2, 0) is 11.2 Å². The molecule has 0 aliphatic carbocycles. The van der Waals surface area contributed by atoms with Crippen molar-refractivity contribution in [2.24, 2.45) is 5.92 Å². The molecule has 0 radical (unpaired) electrons. The summed E-state index contributed by atoms with van der Waals surface area (Å²) in [4.78, 5) is 22.5. The monoisotopic (exact) mass is 279 g/mol. The average molecular weight is 279 g/mol. The van der Waals surface area contributed by atoms with Crippen LogP contribution in [0.1, 0.15) is 36.2 Å². The van der Waals surface area contributed by atoms with Crippen molar-refractivity contribution in [3.05, 3.63) is 29.3 Å². The molecule has 1 aromatic rings. The summed E-state index contributed by atoms with van der Waals surface area (Å²) in [6.45, 7) is 4.36. The quantitative estimate of drug-likeness (QED) is 0.801. The molecule has 1 amide bonds. The van der Waals surface area contributed by atoms with Crippen molar-refractivity contribution < 1.29 is 19.4 Å². The minimum Gasteiger partial charge on any atom is -0.496 e. The summed E-state index contributed by atoms with van der Waals surface area (Å²) >= 11 is 0. The van der Waals surface area contributed by atoms with Gasteiger partial charge in [-0.1, -0.05) is 19.9 Å². The first-order valence-corrected chi connectivity index (χ1v) is 6.67. The number of hydrogen-bond acceptors (Lipinski definition) is 3. The van der Waals surface area contributed by atoms with Gasteiger partial charge in [-0.25, -0.2) is 4.79 Å². The number of methoxy groups -OCH3 is 1. The summed E-state index contributed by atoms with van der Waals surface area (Å²) in [6.07, 6.45) is 1.41. The van der Waals surface area contributed by atoms with Crippen molar-refractivity contribution in [3.8, 4) is 5.75 Å². The number of carboxylic acids is 1. The van der Waals surface area contributed by atoms with Gasteiger partial charge in [-0.05, 0) is 30.5 Å². The van der Waals surface area contributed by atoms with Crippen molar-refractivity contribution >= 4 is 11.9 Å². The van der Waals surface area contributed by atoms with E-state index in [-0.39, 0.29) is 17.4 Å². The van der Waals surface area contributed by atoms with Gasteiger partial charge < -0.3 is 15.2 Å². The third kappa shape index (κ3) is 4.26. The fourth-order valence-electron chi connectivity index (χ4n) is 1.76. The van der Waals surface area contributed by atoms with E-state index in [4.69, 9.17) is 9.84 Å². The number of carbonyl (C=O) groups excluding carboxylic acids is 1. The zero-order valence-corrected chi connectivity index (χ0v) is 12.1. The van der Waals surface area contributed by atoms with Gasteiger partial charge in [0.1, 0.15) is 5.75 Å². The first-order chi connectivity index (χ1) is 9.49. The van der Waals surface area contributed by atoms with Crippen LogP contribution < -0.4 is 10.1 Å². The van der Waals surface area contributed by atoms with E-state index in [1.807, 2.05) is 13.8 Å². The maximum absolute atomic E-state index is 11.6. The van der Waals surface area contributed by atoms with Crippen LogP contribution in [0.25, 0.3) is 0 Å². The highest BCUT2D eigenvalue weighted by Gasteiger charge is 2.11. The van der Waals surface area contributed by atoms with Crippen LogP contribution in [0, 0.1) is 5.92 Å². The molecule has 0 heterocycles. The van der Waals surface area contributed by atoms with Crippen LogP contribution in [0.4, 0.5) is 0 Å². The molecular weight excluding hydrogens is 258 g/mol. The van der Waals surface area contributed by atoms with Crippen LogP contribution in [0.5, 0.6) is 5.75 Å². The lowest BCUT2D eigenvalue weighted by Crippen LogP contribution is -2.30. The minimum absolute atomic E-state index is 0.00582. The maximum atomic E-state index is 11.6. The molecule has 0 spiro atoms. The van der Waals surface area contributed by atoms with E-state index >= 15 is 0 Å². The van der Waals surface area contributed by atoms with Gasteiger partial charge >= 0.3 is 5.97 Å². The molecule has 0 aliphatic heterocycles. The van der Waals surface area contributed by atoms with Crippen LogP contribution in [0.15, 0.2) is 18.2 Å². The van der Waals surface area contributed by atoms with Crippen LogP contribution in [0.3, 0.4) is 0 Å². The fraction of sp³-hybridized carbons (Fsp3) is 0.467. The zero-order valence-electron chi connectivity index (χ0n) is 12.1. The number of carbonyl (C=O) groups is 2. The highest BCUT2D eigenvalue weighted by molar-refractivity contribution is 5.88. The van der Waals surface area contributed by atoms with E-state index in [1.54, 1.807) is 6.07 Å². The van der Waals surface area contributed by atoms with Gasteiger partial charge in [0.25, 0.3) is 0 Å². The van der Waals surface area contributed by atoms with Gasteiger partial charge in [-0.2, -0.15) is 0 Å². The summed E-state index contributed by atoms with van der Waals surface area (Å²) in [5, 5.41) is 11.8. The Balaban J connectivity index is 2.64.